The number of para-hydroxylation sites is 1. The lowest BCUT2D eigenvalue weighted by Gasteiger charge is -2.47. The van der Waals surface area contributed by atoms with E-state index >= 15 is 0 Å². The zero-order chi connectivity index (χ0) is 21.0. The number of aromatic nitrogens is 2. The average Bonchev–Trinajstić information content (AvgIpc) is 3.37. The number of nitrogens with zero attached hydrogens (tertiary/aromatic N) is 4. The van der Waals surface area contributed by atoms with Crippen LogP contribution in [0.5, 0.6) is 0 Å². The fraction of sp³-hybridized carbons (Fsp3) is 0.385. The Balaban J connectivity index is 1.28. The molecule has 0 radical (unpaired) electrons. The maximum absolute atomic E-state index is 13.6. The number of amides is 1. The molecule has 5 rings (SSSR count). The van der Waals surface area contributed by atoms with Crippen molar-refractivity contribution in [1.82, 2.24) is 19.6 Å². The molecule has 5 nitrogen and oxygen atoms in total. The van der Waals surface area contributed by atoms with Gasteiger partial charge in [0.15, 0.2) is 0 Å². The molecule has 2 aliphatic heterocycles. The summed E-state index contributed by atoms with van der Waals surface area (Å²) >= 11 is 0. The third-order valence-corrected chi connectivity index (χ3v) is 6.86. The van der Waals surface area contributed by atoms with Crippen LogP contribution in [0.25, 0.3) is 5.69 Å². The topological polar surface area (TPSA) is 41.4 Å². The first kappa shape index (κ1) is 20.0. The van der Waals surface area contributed by atoms with Crippen molar-refractivity contribution in [3.63, 3.8) is 0 Å². The zero-order valence-corrected chi connectivity index (χ0v) is 17.9. The lowest BCUT2D eigenvalue weighted by atomic mass is 9.83. The molecule has 2 saturated heterocycles. The van der Waals surface area contributed by atoms with Crippen LogP contribution in [0.2, 0.25) is 0 Å². The fourth-order valence-electron chi connectivity index (χ4n) is 5.29. The van der Waals surface area contributed by atoms with E-state index in [-0.39, 0.29) is 5.91 Å². The van der Waals surface area contributed by atoms with Gasteiger partial charge in [-0.25, -0.2) is 4.68 Å². The number of piperidine rings is 2. The number of hydrogen-bond acceptors (Lipinski definition) is 3. The minimum Gasteiger partial charge on any atom is -0.335 e. The monoisotopic (exact) mass is 414 g/mol. The smallest absolute Gasteiger partial charge is 0.256 e. The van der Waals surface area contributed by atoms with Gasteiger partial charge in [0.25, 0.3) is 5.91 Å². The molecule has 0 spiro atoms. The second kappa shape index (κ2) is 9.06. The molecule has 3 heterocycles. The predicted molar refractivity (Wildman–Crippen MR) is 122 cm³/mol. The average molecular weight is 415 g/mol. The van der Waals surface area contributed by atoms with Crippen LogP contribution in [0, 0.1) is 5.92 Å². The van der Waals surface area contributed by atoms with Crippen molar-refractivity contribution in [3.05, 3.63) is 84.2 Å². The molecule has 1 amide bonds. The molecule has 5 heteroatoms. The third kappa shape index (κ3) is 4.28. The van der Waals surface area contributed by atoms with Crippen LogP contribution in [0.3, 0.4) is 0 Å². The van der Waals surface area contributed by atoms with Crippen molar-refractivity contribution in [2.45, 2.75) is 31.7 Å². The fourth-order valence-corrected chi connectivity index (χ4v) is 5.29. The van der Waals surface area contributed by atoms with Gasteiger partial charge in [-0.2, -0.15) is 5.10 Å². The van der Waals surface area contributed by atoms with E-state index in [0.29, 0.717) is 12.0 Å². The Morgan fingerprint density at radius 3 is 2.65 bits per heavy atom. The van der Waals surface area contributed by atoms with Crippen LogP contribution < -0.4 is 0 Å². The quantitative estimate of drug-likeness (QED) is 0.633. The summed E-state index contributed by atoms with van der Waals surface area (Å²) in [6.07, 6.45) is 8.12. The van der Waals surface area contributed by atoms with Crippen LogP contribution in [-0.4, -0.2) is 57.7 Å². The summed E-state index contributed by atoms with van der Waals surface area (Å²) in [5.41, 5.74) is 3.01. The Hall–Kier alpha value is -2.92. The minimum atomic E-state index is 0.151. The van der Waals surface area contributed by atoms with Crippen molar-refractivity contribution >= 4 is 5.91 Å². The SMILES string of the molecule is O=C(c1ccccc1-n1cccn1)N1CCC[C@@H]2CN(CCc3ccccc3)CC[C@@H]21. The third-order valence-electron chi connectivity index (χ3n) is 6.86. The van der Waals surface area contributed by atoms with E-state index in [9.17, 15) is 4.79 Å². The largest absolute Gasteiger partial charge is 0.335 e. The van der Waals surface area contributed by atoms with Crippen molar-refractivity contribution in [2.24, 2.45) is 5.92 Å². The number of hydrogen-bond donors (Lipinski definition) is 0. The highest BCUT2D eigenvalue weighted by molar-refractivity contribution is 5.98. The van der Waals surface area contributed by atoms with E-state index in [4.69, 9.17) is 0 Å². The van der Waals surface area contributed by atoms with Crippen molar-refractivity contribution < 1.29 is 4.79 Å². The molecular weight excluding hydrogens is 384 g/mol. The van der Waals surface area contributed by atoms with E-state index in [2.05, 4.69) is 45.2 Å². The summed E-state index contributed by atoms with van der Waals surface area (Å²) in [6.45, 7) is 4.13. The Labute approximate surface area is 184 Å². The minimum absolute atomic E-state index is 0.151. The van der Waals surface area contributed by atoms with Gasteiger partial charge in [-0.15, -0.1) is 0 Å². The number of carbonyl (C=O) groups excluding carboxylic acids is 1. The Morgan fingerprint density at radius 2 is 1.81 bits per heavy atom. The van der Waals surface area contributed by atoms with Crippen LogP contribution >= 0.6 is 0 Å². The van der Waals surface area contributed by atoms with Gasteiger partial charge in [-0.3, -0.25) is 4.79 Å². The van der Waals surface area contributed by atoms with E-state index < -0.39 is 0 Å². The molecule has 0 bridgehead atoms. The van der Waals surface area contributed by atoms with Gasteiger partial charge in [0.2, 0.25) is 0 Å². The van der Waals surface area contributed by atoms with Crippen LogP contribution in [0.4, 0.5) is 0 Å². The van der Waals surface area contributed by atoms with Crippen LogP contribution in [0.1, 0.15) is 35.2 Å². The molecule has 1 aromatic heterocycles. The van der Waals surface area contributed by atoms with Gasteiger partial charge in [0.1, 0.15) is 0 Å². The number of fused-ring (bicyclic) bond motifs is 1. The highest BCUT2D eigenvalue weighted by Crippen LogP contribution is 2.32. The molecule has 160 valence electrons. The lowest BCUT2D eigenvalue weighted by molar-refractivity contribution is 0.0204. The number of likely N-dealkylation sites (tertiary alicyclic amines) is 2. The molecule has 0 saturated carbocycles. The number of carbonyl (C=O) groups is 1. The molecule has 2 atom stereocenters. The maximum Gasteiger partial charge on any atom is 0.256 e. The molecule has 31 heavy (non-hydrogen) atoms. The van der Waals surface area contributed by atoms with Gasteiger partial charge >= 0.3 is 0 Å². The standard InChI is InChI=1S/C26H30N4O/c31-26(23-11-4-5-12-25(23)30-17-7-15-27-30)29-16-6-10-22-20-28(19-14-24(22)29)18-13-21-8-2-1-3-9-21/h1-5,7-9,11-12,15,17,22,24H,6,10,13-14,16,18-20H2/t22-,24+/m1/s1. The van der Waals surface area contributed by atoms with E-state index in [1.807, 2.05) is 36.5 Å². The summed E-state index contributed by atoms with van der Waals surface area (Å²) in [5.74, 6) is 0.720. The molecule has 2 aliphatic rings. The molecule has 0 N–H and O–H groups in total. The first-order valence-corrected chi connectivity index (χ1v) is 11.5. The highest BCUT2D eigenvalue weighted by atomic mass is 16.2. The van der Waals surface area contributed by atoms with E-state index in [1.54, 1.807) is 10.9 Å². The highest BCUT2D eigenvalue weighted by Gasteiger charge is 2.38. The van der Waals surface area contributed by atoms with Gasteiger partial charge < -0.3 is 9.80 Å². The number of rotatable bonds is 5. The molecule has 3 aromatic rings. The molecule has 2 aromatic carbocycles. The summed E-state index contributed by atoms with van der Waals surface area (Å²) < 4.78 is 1.79. The summed E-state index contributed by atoms with van der Waals surface area (Å²) in [5, 5.41) is 4.35. The number of benzene rings is 2. The predicted octanol–water partition coefficient (Wildman–Crippen LogP) is 4.04. The van der Waals surface area contributed by atoms with Crippen LogP contribution in [0.15, 0.2) is 73.1 Å². The van der Waals surface area contributed by atoms with Crippen molar-refractivity contribution in [1.29, 1.82) is 0 Å². The lowest BCUT2D eigenvalue weighted by Crippen LogP contribution is -2.56. The van der Waals surface area contributed by atoms with Crippen LogP contribution in [-0.2, 0) is 6.42 Å². The second-order valence-corrected chi connectivity index (χ2v) is 8.76. The van der Waals surface area contributed by atoms with Gasteiger partial charge in [0, 0.05) is 44.6 Å². The first-order chi connectivity index (χ1) is 15.3. The van der Waals surface area contributed by atoms with Gasteiger partial charge in [-0.1, -0.05) is 42.5 Å². The molecule has 0 unspecified atom stereocenters. The first-order valence-electron chi connectivity index (χ1n) is 11.5. The van der Waals surface area contributed by atoms with Gasteiger partial charge in [-0.05, 0) is 55.4 Å². The second-order valence-electron chi connectivity index (χ2n) is 8.76. The Bertz CT molecular complexity index is 1000. The Morgan fingerprint density at radius 1 is 0.968 bits per heavy atom. The van der Waals surface area contributed by atoms with E-state index in [0.717, 1.165) is 56.7 Å². The normalized spacial score (nSPS) is 21.6. The molecule has 0 aliphatic carbocycles. The molecule has 2 fully saturated rings. The molecular formula is C26H30N4O. The van der Waals surface area contributed by atoms with Crippen molar-refractivity contribution in [3.8, 4) is 5.69 Å². The summed E-state index contributed by atoms with van der Waals surface area (Å²) in [6, 6.07) is 20.8. The Kier molecular flexibility index (Phi) is 5.85. The van der Waals surface area contributed by atoms with E-state index in [1.165, 1.54) is 12.0 Å². The van der Waals surface area contributed by atoms with Gasteiger partial charge in [0.05, 0.1) is 11.3 Å². The summed E-state index contributed by atoms with van der Waals surface area (Å²) in [4.78, 5) is 18.4. The maximum atomic E-state index is 13.6. The van der Waals surface area contributed by atoms with Crippen molar-refractivity contribution in [2.75, 3.05) is 26.2 Å². The zero-order valence-electron chi connectivity index (χ0n) is 17.9. The summed E-state index contributed by atoms with van der Waals surface area (Å²) in [7, 11) is 0.